The van der Waals surface area contributed by atoms with Gasteiger partial charge in [0.15, 0.2) is 0 Å². The van der Waals surface area contributed by atoms with Gasteiger partial charge in [-0.05, 0) is 18.2 Å². The Bertz CT molecular complexity index is 530. The molecule has 1 aromatic carbocycles. The summed E-state index contributed by atoms with van der Waals surface area (Å²) in [6.45, 7) is 1.89. The van der Waals surface area contributed by atoms with Gasteiger partial charge >= 0.3 is 5.97 Å². The third kappa shape index (κ3) is 3.79. The Balaban J connectivity index is 2.99. The maximum atomic E-state index is 12.2. The van der Waals surface area contributed by atoms with Gasteiger partial charge < -0.3 is 5.11 Å². The first kappa shape index (κ1) is 15.1. The fraction of sp³-hybridized carbons (Fsp3) is 0.364. The summed E-state index contributed by atoms with van der Waals surface area (Å²) in [6, 6.07) is 6.34. The molecule has 5 nitrogen and oxygen atoms in total. The maximum Gasteiger partial charge on any atom is 0.304 e. The lowest BCUT2D eigenvalue weighted by Gasteiger charge is -2.19. The fourth-order valence-electron chi connectivity index (χ4n) is 1.45. The van der Waals surface area contributed by atoms with Gasteiger partial charge in [-0.3, -0.25) is 4.79 Å². The highest BCUT2D eigenvalue weighted by molar-refractivity contribution is 9.10. The van der Waals surface area contributed by atoms with Crippen LogP contribution in [0, 0.1) is 0 Å². The lowest BCUT2D eigenvalue weighted by molar-refractivity contribution is -0.137. The molecule has 0 bridgehead atoms. The maximum absolute atomic E-state index is 12.2. The lowest BCUT2D eigenvalue weighted by Crippen LogP contribution is -2.32. The molecule has 0 saturated carbocycles. The number of carbonyl (C=O) groups is 1. The van der Waals surface area contributed by atoms with E-state index in [1.165, 1.54) is 12.1 Å². The molecule has 0 spiro atoms. The molecule has 1 N–H and O–H groups in total. The van der Waals surface area contributed by atoms with E-state index in [0.717, 1.165) is 4.31 Å². The van der Waals surface area contributed by atoms with Gasteiger partial charge in [0.1, 0.15) is 0 Å². The van der Waals surface area contributed by atoms with Crippen molar-refractivity contribution in [3.8, 4) is 0 Å². The second-order valence-corrected chi connectivity index (χ2v) is 6.45. The van der Waals surface area contributed by atoms with Crippen LogP contribution in [0.15, 0.2) is 33.6 Å². The second kappa shape index (κ2) is 6.31. The summed E-state index contributed by atoms with van der Waals surface area (Å²) >= 11 is 3.21. The molecule has 18 heavy (non-hydrogen) atoms. The van der Waals surface area contributed by atoms with Gasteiger partial charge in [-0.15, -0.1) is 0 Å². The highest BCUT2D eigenvalue weighted by Crippen LogP contribution is 2.20. The normalized spacial score (nSPS) is 11.7. The molecule has 0 amide bonds. The molecule has 0 aliphatic heterocycles. The number of nitrogens with zero attached hydrogens (tertiary/aromatic N) is 1. The Morgan fingerprint density at radius 1 is 1.44 bits per heavy atom. The largest absolute Gasteiger partial charge is 0.481 e. The van der Waals surface area contributed by atoms with E-state index in [4.69, 9.17) is 5.11 Å². The smallest absolute Gasteiger partial charge is 0.304 e. The van der Waals surface area contributed by atoms with E-state index >= 15 is 0 Å². The Kier molecular flexibility index (Phi) is 5.30. The summed E-state index contributed by atoms with van der Waals surface area (Å²) in [4.78, 5) is 10.7. The average molecular weight is 336 g/mol. The van der Waals surface area contributed by atoms with Crippen molar-refractivity contribution in [1.82, 2.24) is 4.31 Å². The molecule has 7 heteroatoms. The third-order valence-corrected chi connectivity index (χ3v) is 4.83. The Hall–Kier alpha value is -0.920. The highest BCUT2D eigenvalue weighted by atomic mass is 79.9. The molecule has 0 aromatic heterocycles. The monoisotopic (exact) mass is 335 g/mol. The number of sulfonamides is 1. The SMILES string of the molecule is CCN(CCC(=O)O)S(=O)(=O)c1cccc(Br)c1. The van der Waals surface area contributed by atoms with Gasteiger partial charge in [0, 0.05) is 17.6 Å². The topological polar surface area (TPSA) is 74.7 Å². The molecule has 0 fully saturated rings. The zero-order valence-corrected chi connectivity index (χ0v) is 12.2. The lowest BCUT2D eigenvalue weighted by atomic mass is 10.4. The van der Waals surface area contributed by atoms with E-state index in [1.807, 2.05) is 0 Å². The van der Waals surface area contributed by atoms with Crippen LogP contribution in [0.5, 0.6) is 0 Å². The number of benzene rings is 1. The molecule has 0 unspecified atom stereocenters. The van der Waals surface area contributed by atoms with Gasteiger partial charge in [-0.1, -0.05) is 28.9 Å². The van der Waals surface area contributed by atoms with Crippen molar-refractivity contribution in [2.45, 2.75) is 18.2 Å². The van der Waals surface area contributed by atoms with Crippen LogP contribution in [0.25, 0.3) is 0 Å². The zero-order valence-electron chi connectivity index (χ0n) is 9.84. The van der Waals surface area contributed by atoms with Crippen LogP contribution >= 0.6 is 15.9 Å². The van der Waals surface area contributed by atoms with Gasteiger partial charge in [0.2, 0.25) is 10.0 Å². The van der Waals surface area contributed by atoms with Gasteiger partial charge in [-0.25, -0.2) is 8.42 Å². The van der Waals surface area contributed by atoms with Gasteiger partial charge in [0.25, 0.3) is 0 Å². The first-order valence-corrected chi connectivity index (χ1v) is 7.58. The molecule has 0 radical (unpaired) electrons. The molecular weight excluding hydrogens is 322 g/mol. The van der Waals surface area contributed by atoms with E-state index in [9.17, 15) is 13.2 Å². The van der Waals surface area contributed by atoms with Crippen LogP contribution in [0.4, 0.5) is 0 Å². The van der Waals surface area contributed by atoms with E-state index in [0.29, 0.717) is 4.47 Å². The predicted molar refractivity (Wildman–Crippen MR) is 70.8 cm³/mol. The fourth-order valence-corrected chi connectivity index (χ4v) is 3.49. The Labute approximate surface area is 115 Å². The van der Waals surface area contributed by atoms with Crippen molar-refractivity contribution in [3.05, 3.63) is 28.7 Å². The zero-order chi connectivity index (χ0) is 13.8. The minimum atomic E-state index is -3.63. The number of carboxylic acid groups (broad SMARTS) is 1. The minimum Gasteiger partial charge on any atom is -0.481 e. The molecule has 0 aliphatic rings. The summed E-state index contributed by atoms with van der Waals surface area (Å²) in [7, 11) is -3.63. The Morgan fingerprint density at radius 2 is 2.11 bits per heavy atom. The minimum absolute atomic E-state index is 0.0271. The van der Waals surface area contributed by atoms with E-state index < -0.39 is 16.0 Å². The van der Waals surface area contributed by atoms with Crippen LogP contribution in [-0.2, 0) is 14.8 Å². The molecule has 1 aromatic rings. The van der Waals surface area contributed by atoms with Crippen LogP contribution < -0.4 is 0 Å². The first-order chi connectivity index (χ1) is 8.37. The summed E-state index contributed by atoms with van der Waals surface area (Å²) in [5.41, 5.74) is 0. The van der Waals surface area contributed by atoms with E-state index in [2.05, 4.69) is 15.9 Å². The predicted octanol–water partition coefficient (Wildman–Crippen LogP) is 1.93. The molecule has 0 atom stereocenters. The molecule has 0 heterocycles. The first-order valence-electron chi connectivity index (χ1n) is 5.35. The number of hydrogen-bond acceptors (Lipinski definition) is 3. The molecule has 0 saturated heterocycles. The average Bonchev–Trinajstić information content (AvgIpc) is 2.29. The highest BCUT2D eigenvalue weighted by Gasteiger charge is 2.23. The number of hydrogen-bond donors (Lipinski definition) is 1. The van der Waals surface area contributed by atoms with Crippen LogP contribution in [0.2, 0.25) is 0 Å². The Morgan fingerprint density at radius 3 is 2.61 bits per heavy atom. The van der Waals surface area contributed by atoms with Crippen molar-refractivity contribution in [2.24, 2.45) is 0 Å². The number of carboxylic acids is 1. The quantitative estimate of drug-likeness (QED) is 0.861. The molecule has 1 rings (SSSR count). The summed E-state index contributed by atoms with van der Waals surface area (Å²) in [6.07, 6.45) is -0.207. The third-order valence-electron chi connectivity index (χ3n) is 2.36. The van der Waals surface area contributed by atoms with Crippen molar-refractivity contribution in [2.75, 3.05) is 13.1 Å². The second-order valence-electron chi connectivity index (χ2n) is 3.60. The molecule has 100 valence electrons. The number of rotatable bonds is 6. The standard InChI is InChI=1S/C11H14BrNO4S/c1-2-13(7-6-11(14)15)18(16,17)10-5-3-4-9(12)8-10/h3-5,8H,2,6-7H2,1H3,(H,14,15). The summed E-state index contributed by atoms with van der Waals surface area (Å²) < 4.78 is 26.3. The van der Waals surface area contributed by atoms with Crippen molar-refractivity contribution >= 4 is 31.9 Å². The van der Waals surface area contributed by atoms with Crippen LogP contribution in [-0.4, -0.2) is 36.9 Å². The van der Waals surface area contributed by atoms with Gasteiger partial charge in [0.05, 0.1) is 11.3 Å². The molecule has 0 aliphatic carbocycles. The number of aliphatic carboxylic acids is 1. The molecular formula is C11H14BrNO4S. The van der Waals surface area contributed by atoms with Crippen LogP contribution in [0.1, 0.15) is 13.3 Å². The van der Waals surface area contributed by atoms with E-state index in [-0.39, 0.29) is 24.4 Å². The van der Waals surface area contributed by atoms with Crippen molar-refractivity contribution < 1.29 is 18.3 Å². The van der Waals surface area contributed by atoms with Gasteiger partial charge in [-0.2, -0.15) is 4.31 Å². The van der Waals surface area contributed by atoms with Crippen LogP contribution in [0.3, 0.4) is 0 Å². The van der Waals surface area contributed by atoms with E-state index in [1.54, 1.807) is 19.1 Å². The summed E-state index contributed by atoms with van der Waals surface area (Å²) in [5, 5.41) is 8.61. The number of halogens is 1. The van der Waals surface area contributed by atoms with Crippen molar-refractivity contribution in [3.63, 3.8) is 0 Å². The summed E-state index contributed by atoms with van der Waals surface area (Å²) in [5.74, 6) is -1.02. The van der Waals surface area contributed by atoms with Crippen molar-refractivity contribution in [1.29, 1.82) is 0 Å².